The highest BCUT2D eigenvalue weighted by molar-refractivity contribution is 5.76. The van der Waals surface area contributed by atoms with Crippen LogP contribution in [0.25, 0.3) is 0 Å². The van der Waals surface area contributed by atoms with Crippen LogP contribution in [0, 0.1) is 5.82 Å². The van der Waals surface area contributed by atoms with Gasteiger partial charge >= 0.3 is 0 Å². The first kappa shape index (κ1) is 21.1. The minimum absolute atomic E-state index is 0.00937. The number of ether oxygens (including phenoxy) is 1. The predicted molar refractivity (Wildman–Crippen MR) is 114 cm³/mol. The molecule has 29 heavy (non-hydrogen) atoms. The number of carbonyl (C=O) groups is 1. The molecule has 1 amide bonds. The molecule has 0 radical (unpaired) electrons. The molecule has 5 nitrogen and oxygen atoms in total. The second-order valence-corrected chi connectivity index (χ2v) is 7.34. The Bertz CT molecular complexity index is 777. The van der Waals surface area contributed by atoms with Crippen LogP contribution in [0.1, 0.15) is 18.4 Å². The van der Waals surface area contributed by atoms with E-state index < -0.39 is 5.82 Å². The third-order valence-electron chi connectivity index (χ3n) is 5.32. The first-order chi connectivity index (χ1) is 14.2. The number of aryl methyl sites for hydroxylation is 1. The number of piperazine rings is 1. The maximum absolute atomic E-state index is 13.7. The van der Waals surface area contributed by atoms with Crippen molar-refractivity contribution in [1.82, 2.24) is 10.2 Å². The second kappa shape index (κ2) is 10.8. The summed E-state index contributed by atoms with van der Waals surface area (Å²) in [6.07, 6.45) is 1.82. The lowest BCUT2D eigenvalue weighted by atomic mass is 10.1. The lowest BCUT2D eigenvalue weighted by Gasteiger charge is -2.36. The third kappa shape index (κ3) is 6.46. The average molecular weight is 400 g/mol. The van der Waals surface area contributed by atoms with Gasteiger partial charge in [0.1, 0.15) is 0 Å². The van der Waals surface area contributed by atoms with E-state index >= 15 is 0 Å². The van der Waals surface area contributed by atoms with Crippen molar-refractivity contribution in [2.45, 2.75) is 19.3 Å². The normalized spacial score (nSPS) is 14.6. The van der Waals surface area contributed by atoms with Gasteiger partial charge in [-0.15, -0.1) is 0 Å². The molecular formula is C23H30FN3O2. The molecule has 3 rings (SSSR count). The van der Waals surface area contributed by atoms with Crippen molar-refractivity contribution in [3.8, 4) is 5.75 Å². The number of halogens is 1. The van der Waals surface area contributed by atoms with Gasteiger partial charge in [0.25, 0.3) is 0 Å². The van der Waals surface area contributed by atoms with Gasteiger partial charge in [0.05, 0.1) is 7.11 Å². The number of methoxy groups -OCH3 is 1. The van der Waals surface area contributed by atoms with Crippen LogP contribution in [0.4, 0.5) is 10.1 Å². The van der Waals surface area contributed by atoms with E-state index in [1.54, 1.807) is 12.1 Å². The Morgan fingerprint density at radius 2 is 1.86 bits per heavy atom. The molecule has 6 heteroatoms. The lowest BCUT2D eigenvalue weighted by Crippen LogP contribution is -2.47. The molecule has 2 aromatic rings. The molecule has 2 aromatic carbocycles. The van der Waals surface area contributed by atoms with Gasteiger partial charge in [0.2, 0.25) is 5.91 Å². The van der Waals surface area contributed by atoms with Crippen LogP contribution in [0.2, 0.25) is 0 Å². The van der Waals surface area contributed by atoms with Crippen molar-refractivity contribution in [2.75, 3.05) is 51.3 Å². The Morgan fingerprint density at radius 1 is 1.10 bits per heavy atom. The molecule has 1 fully saturated rings. The van der Waals surface area contributed by atoms with Gasteiger partial charge in [-0.2, -0.15) is 0 Å². The van der Waals surface area contributed by atoms with Crippen LogP contribution in [0.5, 0.6) is 5.75 Å². The highest BCUT2D eigenvalue weighted by Gasteiger charge is 2.16. The lowest BCUT2D eigenvalue weighted by molar-refractivity contribution is -0.121. The Hall–Kier alpha value is -2.60. The quantitative estimate of drug-likeness (QED) is 0.658. The Kier molecular flexibility index (Phi) is 7.87. The Labute approximate surface area is 172 Å². The summed E-state index contributed by atoms with van der Waals surface area (Å²) < 4.78 is 18.6. The summed E-state index contributed by atoms with van der Waals surface area (Å²) in [5, 5.41) is 2.97. The van der Waals surface area contributed by atoms with Crippen LogP contribution < -0.4 is 15.0 Å². The number of anilines is 1. The minimum atomic E-state index is -0.391. The molecule has 0 unspecified atom stereocenters. The molecule has 0 saturated carbocycles. The Balaban J connectivity index is 1.28. The molecule has 1 saturated heterocycles. The average Bonchev–Trinajstić information content (AvgIpc) is 2.76. The monoisotopic (exact) mass is 399 g/mol. The van der Waals surface area contributed by atoms with Crippen LogP contribution in [-0.4, -0.2) is 57.2 Å². The maximum atomic E-state index is 13.7. The van der Waals surface area contributed by atoms with E-state index in [4.69, 9.17) is 4.74 Å². The summed E-state index contributed by atoms with van der Waals surface area (Å²) in [7, 11) is 1.44. The van der Waals surface area contributed by atoms with Crippen LogP contribution in [-0.2, 0) is 11.2 Å². The minimum Gasteiger partial charge on any atom is -0.494 e. The molecule has 1 heterocycles. The summed E-state index contributed by atoms with van der Waals surface area (Å²) in [5.41, 5.74) is 2.09. The number of nitrogens with one attached hydrogen (secondary N) is 1. The zero-order chi connectivity index (χ0) is 20.5. The van der Waals surface area contributed by atoms with E-state index in [1.165, 1.54) is 18.9 Å². The Morgan fingerprint density at radius 3 is 2.55 bits per heavy atom. The first-order valence-corrected chi connectivity index (χ1v) is 10.3. The van der Waals surface area contributed by atoms with Gasteiger partial charge in [-0.25, -0.2) is 4.39 Å². The topological polar surface area (TPSA) is 44.8 Å². The number of carbonyl (C=O) groups excluding carboxylic acids is 1. The van der Waals surface area contributed by atoms with Gasteiger partial charge in [0, 0.05) is 44.8 Å². The van der Waals surface area contributed by atoms with E-state index in [1.807, 2.05) is 6.07 Å². The molecule has 1 aliphatic heterocycles. The van der Waals surface area contributed by atoms with E-state index in [0.717, 1.165) is 44.7 Å². The van der Waals surface area contributed by atoms with Crippen molar-refractivity contribution in [1.29, 1.82) is 0 Å². The molecular weight excluding hydrogens is 369 g/mol. The molecule has 0 aromatic heterocycles. The fraction of sp³-hybridized carbons (Fsp3) is 0.435. The van der Waals surface area contributed by atoms with Gasteiger partial charge < -0.3 is 15.0 Å². The predicted octanol–water partition coefficient (Wildman–Crippen LogP) is 3.10. The van der Waals surface area contributed by atoms with Gasteiger partial charge in [-0.05, 0) is 49.2 Å². The standard InChI is InChI=1S/C23H30FN3O2/c1-29-22-10-8-19(18-21(22)24)9-11-23(28)25-12-5-13-26-14-16-27(17-15-26)20-6-3-2-4-7-20/h2-4,6-8,10,18H,5,9,11-17H2,1H3,(H,25,28). The molecule has 0 spiro atoms. The number of nitrogens with zero attached hydrogens (tertiary/aromatic N) is 2. The SMILES string of the molecule is COc1ccc(CCC(=O)NCCCN2CCN(c3ccccc3)CC2)cc1F. The molecule has 0 aliphatic carbocycles. The fourth-order valence-corrected chi connectivity index (χ4v) is 3.61. The number of rotatable bonds is 9. The summed E-state index contributed by atoms with van der Waals surface area (Å²) in [4.78, 5) is 16.9. The van der Waals surface area contributed by atoms with Gasteiger partial charge in [-0.3, -0.25) is 9.69 Å². The highest BCUT2D eigenvalue weighted by Crippen LogP contribution is 2.18. The number of amides is 1. The second-order valence-electron chi connectivity index (χ2n) is 7.34. The van der Waals surface area contributed by atoms with Gasteiger partial charge in [0.15, 0.2) is 11.6 Å². The van der Waals surface area contributed by atoms with E-state index in [9.17, 15) is 9.18 Å². The highest BCUT2D eigenvalue weighted by atomic mass is 19.1. The van der Waals surface area contributed by atoms with E-state index in [2.05, 4.69) is 39.4 Å². The maximum Gasteiger partial charge on any atom is 0.220 e. The van der Waals surface area contributed by atoms with E-state index in [-0.39, 0.29) is 11.7 Å². The summed E-state index contributed by atoms with van der Waals surface area (Å²) in [6, 6.07) is 15.3. The smallest absolute Gasteiger partial charge is 0.220 e. The molecule has 0 atom stereocenters. The fourth-order valence-electron chi connectivity index (χ4n) is 3.61. The van der Waals surface area contributed by atoms with Crippen molar-refractivity contribution in [3.63, 3.8) is 0 Å². The zero-order valence-electron chi connectivity index (χ0n) is 17.1. The number of para-hydroxylation sites is 1. The molecule has 156 valence electrons. The van der Waals surface area contributed by atoms with Crippen molar-refractivity contribution < 1.29 is 13.9 Å². The van der Waals surface area contributed by atoms with Crippen molar-refractivity contribution >= 4 is 11.6 Å². The summed E-state index contributed by atoms with van der Waals surface area (Å²) in [6.45, 7) is 5.84. The number of benzene rings is 2. The van der Waals surface area contributed by atoms with Crippen LogP contribution >= 0.6 is 0 Å². The van der Waals surface area contributed by atoms with Gasteiger partial charge in [-0.1, -0.05) is 24.3 Å². The van der Waals surface area contributed by atoms with Crippen molar-refractivity contribution in [2.24, 2.45) is 0 Å². The van der Waals surface area contributed by atoms with Crippen molar-refractivity contribution in [3.05, 3.63) is 59.9 Å². The number of hydrogen-bond acceptors (Lipinski definition) is 4. The van der Waals surface area contributed by atoms with E-state index in [0.29, 0.717) is 19.4 Å². The zero-order valence-corrected chi connectivity index (χ0v) is 17.1. The molecule has 0 bridgehead atoms. The third-order valence-corrected chi connectivity index (χ3v) is 5.32. The summed E-state index contributed by atoms with van der Waals surface area (Å²) in [5.74, 6) is -0.157. The van der Waals surface area contributed by atoms with Crippen LogP contribution in [0.15, 0.2) is 48.5 Å². The molecule has 1 N–H and O–H groups in total. The first-order valence-electron chi connectivity index (χ1n) is 10.3. The largest absolute Gasteiger partial charge is 0.494 e. The summed E-state index contributed by atoms with van der Waals surface area (Å²) >= 11 is 0. The number of hydrogen-bond donors (Lipinski definition) is 1. The van der Waals surface area contributed by atoms with Crippen LogP contribution in [0.3, 0.4) is 0 Å². The molecule has 1 aliphatic rings.